The monoisotopic (exact) mass is 514 g/mol. The molecule has 1 amide bonds. The zero-order chi connectivity index (χ0) is 27.1. The first kappa shape index (κ1) is 25.9. The van der Waals surface area contributed by atoms with Gasteiger partial charge in [-0.25, -0.2) is 4.52 Å². The topological polar surface area (TPSA) is 132 Å². The Balaban J connectivity index is 1.46. The van der Waals surface area contributed by atoms with Crippen molar-refractivity contribution in [3.63, 3.8) is 0 Å². The highest BCUT2D eigenvalue weighted by Gasteiger charge is 2.48. The van der Waals surface area contributed by atoms with Crippen LogP contribution in [0.1, 0.15) is 81.6 Å². The van der Waals surface area contributed by atoms with Gasteiger partial charge in [-0.2, -0.15) is 10.4 Å². The van der Waals surface area contributed by atoms with E-state index in [9.17, 15) is 20.0 Å². The molecule has 0 atom stereocenters. The van der Waals surface area contributed by atoms with Crippen molar-refractivity contribution < 1.29 is 14.7 Å². The molecule has 198 valence electrons. The average molecular weight is 515 g/mol. The van der Waals surface area contributed by atoms with Crippen molar-refractivity contribution in [1.29, 1.82) is 5.26 Å². The molecule has 38 heavy (non-hydrogen) atoms. The van der Waals surface area contributed by atoms with E-state index in [0.29, 0.717) is 28.9 Å². The maximum atomic E-state index is 13.3. The number of nitrogens with zero attached hydrogens (tertiary/aromatic N) is 4. The molecule has 0 unspecified atom stereocenters. The van der Waals surface area contributed by atoms with Crippen molar-refractivity contribution in [3.8, 4) is 17.5 Å². The first-order valence-electron chi connectivity index (χ1n) is 13.2. The normalized spacial score (nSPS) is 22.7. The third kappa shape index (κ3) is 5.27. The quantitative estimate of drug-likeness (QED) is 0.429. The van der Waals surface area contributed by atoms with Crippen LogP contribution in [0, 0.1) is 16.7 Å². The number of carbonyl (C=O) groups is 2. The minimum atomic E-state index is -0.570. The molecule has 2 bridgehead atoms. The van der Waals surface area contributed by atoms with E-state index in [0.717, 1.165) is 49.7 Å². The van der Waals surface area contributed by atoms with Crippen molar-refractivity contribution in [2.75, 3.05) is 11.9 Å². The number of pyridine rings is 1. The Morgan fingerprint density at radius 2 is 1.82 bits per heavy atom. The molecule has 0 aromatic carbocycles. The number of aliphatic hydroxyl groups is 1. The SMILES string of the molecule is CC(C)(C)CC(=O)CNC(=O)c1cnc(-c2ccc3cc(C#N)cnn23)cc1NC12CCC(O)(CC1)CC2. The summed E-state index contributed by atoms with van der Waals surface area (Å²) in [7, 11) is 0. The molecule has 3 aliphatic carbocycles. The van der Waals surface area contributed by atoms with Crippen LogP contribution in [0.3, 0.4) is 0 Å². The van der Waals surface area contributed by atoms with Crippen LogP contribution in [-0.4, -0.2) is 49.1 Å². The Morgan fingerprint density at radius 3 is 2.47 bits per heavy atom. The summed E-state index contributed by atoms with van der Waals surface area (Å²) >= 11 is 0. The van der Waals surface area contributed by atoms with Crippen molar-refractivity contribution in [2.45, 2.75) is 76.9 Å². The summed E-state index contributed by atoms with van der Waals surface area (Å²) in [5.74, 6) is -0.380. The Bertz CT molecular complexity index is 1420. The first-order valence-corrected chi connectivity index (χ1v) is 13.2. The van der Waals surface area contributed by atoms with Gasteiger partial charge in [0.2, 0.25) is 0 Å². The number of Topliss-reactive ketones (excluding diaryl/α,β-unsaturated/α-hetero) is 1. The molecule has 3 aliphatic rings. The number of rotatable bonds is 7. The van der Waals surface area contributed by atoms with E-state index in [1.54, 1.807) is 16.8 Å². The smallest absolute Gasteiger partial charge is 0.255 e. The van der Waals surface area contributed by atoms with Gasteiger partial charge in [0.1, 0.15) is 6.07 Å². The van der Waals surface area contributed by atoms with Crippen LogP contribution < -0.4 is 10.6 Å². The first-order chi connectivity index (χ1) is 18.0. The van der Waals surface area contributed by atoms with Gasteiger partial charge in [0.15, 0.2) is 5.78 Å². The van der Waals surface area contributed by atoms with Gasteiger partial charge in [0.25, 0.3) is 5.91 Å². The maximum Gasteiger partial charge on any atom is 0.255 e. The van der Waals surface area contributed by atoms with E-state index in [1.165, 1.54) is 6.20 Å². The number of hydrogen-bond acceptors (Lipinski definition) is 7. The third-order valence-corrected chi connectivity index (χ3v) is 7.82. The second kappa shape index (κ2) is 9.52. The lowest BCUT2D eigenvalue weighted by Gasteiger charge is -2.51. The number of hydrogen-bond donors (Lipinski definition) is 3. The van der Waals surface area contributed by atoms with Crippen LogP contribution in [-0.2, 0) is 4.79 Å². The van der Waals surface area contributed by atoms with E-state index in [-0.39, 0.29) is 29.2 Å². The maximum absolute atomic E-state index is 13.3. The minimum absolute atomic E-state index is 0.0233. The minimum Gasteiger partial charge on any atom is -0.390 e. The number of amides is 1. The molecule has 3 aromatic rings. The van der Waals surface area contributed by atoms with Gasteiger partial charge in [0, 0.05) is 18.2 Å². The molecule has 3 heterocycles. The van der Waals surface area contributed by atoms with Crippen LogP contribution in [0.15, 0.2) is 36.7 Å². The molecule has 0 aliphatic heterocycles. The number of aromatic nitrogens is 3. The highest BCUT2D eigenvalue weighted by Crippen LogP contribution is 2.48. The van der Waals surface area contributed by atoms with Gasteiger partial charge in [-0.1, -0.05) is 20.8 Å². The van der Waals surface area contributed by atoms with Gasteiger partial charge in [-0.05, 0) is 68.2 Å². The molecule has 3 saturated carbocycles. The molecule has 0 saturated heterocycles. The molecule has 6 rings (SSSR count). The van der Waals surface area contributed by atoms with Crippen molar-refractivity contribution in [2.24, 2.45) is 5.41 Å². The molecule has 3 aromatic heterocycles. The van der Waals surface area contributed by atoms with Gasteiger partial charge >= 0.3 is 0 Å². The summed E-state index contributed by atoms with van der Waals surface area (Å²) in [6.45, 7) is 5.94. The summed E-state index contributed by atoms with van der Waals surface area (Å²) in [4.78, 5) is 30.3. The zero-order valence-electron chi connectivity index (χ0n) is 22.2. The Labute approximate surface area is 222 Å². The highest BCUT2D eigenvalue weighted by atomic mass is 16.3. The van der Waals surface area contributed by atoms with Crippen LogP contribution in [0.5, 0.6) is 0 Å². The average Bonchev–Trinajstić information content (AvgIpc) is 3.30. The van der Waals surface area contributed by atoms with Crippen LogP contribution in [0.2, 0.25) is 0 Å². The van der Waals surface area contributed by atoms with E-state index < -0.39 is 5.60 Å². The van der Waals surface area contributed by atoms with Crippen molar-refractivity contribution in [3.05, 3.63) is 47.8 Å². The number of nitriles is 1. The fraction of sp³-hybridized carbons (Fsp3) is 0.483. The predicted molar refractivity (Wildman–Crippen MR) is 144 cm³/mol. The number of carbonyl (C=O) groups excluding carboxylic acids is 2. The van der Waals surface area contributed by atoms with Crippen molar-refractivity contribution >= 4 is 22.9 Å². The summed E-state index contributed by atoms with van der Waals surface area (Å²) < 4.78 is 1.72. The molecule has 9 heteroatoms. The third-order valence-electron chi connectivity index (χ3n) is 7.82. The fourth-order valence-electron chi connectivity index (χ4n) is 5.70. The highest BCUT2D eigenvalue weighted by molar-refractivity contribution is 6.01. The second-order valence-corrected chi connectivity index (χ2v) is 12.1. The number of anilines is 1. The molecule has 3 fully saturated rings. The predicted octanol–water partition coefficient (Wildman–Crippen LogP) is 4.25. The lowest BCUT2D eigenvalue weighted by Crippen LogP contribution is -2.54. The summed E-state index contributed by atoms with van der Waals surface area (Å²) in [6.07, 6.45) is 8.08. The largest absolute Gasteiger partial charge is 0.390 e. The zero-order valence-corrected chi connectivity index (χ0v) is 22.2. The molecule has 0 radical (unpaired) electrons. The Morgan fingerprint density at radius 1 is 1.11 bits per heavy atom. The molecular formula is C29H34N6O3. The van der Waals surface area contributed by atoms with Crippen LogP contribution >= 0.6 is 0 Å². The lowest BCUT2D eigenvalue weighted by molar-refractivity contribution is -0.119. The van der Waals surface area contributed by atoms with Crippen LogP contribution in [0.25, 0.3) is 16.9 Å². The molecule has 9 nitrogen and oxygen atoms in total. The standard InChI is InChI=1S/C29H34N6O3/c1-27(2,3)14-21(36)17-32-26(37)22-18-31-24(25-5-4-20-12-19(15-30)16-33-35(20)25)13-23(22)34-28-6-9-29(38,10-7-28)11-8-28/h4-5,12-13,16,18,38H,6-11,14,17H2,1-3H3,(H,31,34)(H,32,37). The van der Waals surface area contributed by atoms with Crippen molar-refractivity contribution in [1.82, 2.24) is 19.9 Å². The summed E-state index contributed by atoms with van der Waals surface area (Å²) in [5, 5.41) is 30.7. The van der Waals surface area contributed by atoms with E-state index in [1.807, 2.05) is 39.0 Å². The molecular weight excluding hydrogens is 480 g/mol. The Kier molecular flexibility index (Phi) is 6.48. The van der Waals surface area contributed by atoms with Gasteiger partial charge in [-0.3, -0.25) is 14.6 Å². The number of nitrogens with one attached hydrogen (secondary N) is 2. The van der Waals surface area contributed by atoms with E-state index in [2.05, 4.69) is 26.8 Å². The van der Waals surface area contributed by atoms with Gasteiger partial charge in [-0.15, -0.1) is 0 Å². The van der Waals surface area contributed by atoms with Gasteiger partial charge in [0.05, 0.1) is 52.1 Å². The number of fused-ring (bicyclic) bond motifs is 4. The summed E-state index contributed by atoms with van der Waals surface area (Å²) in [6, 6.07) is 9.49. The molecule has 3 N–H and O–H groups in total. The van der Waals surface area contributed by atoms with E-state index in [4.69, 9.17) is 0 Å². The molecule has 0 spiro atoms. The lowest BCUT2D eigenvalue weighted by atomic mass is 9.63. The second-order valence-electron chi connectivity index (χ2n) is 12.1. The Hall–Kier alpha value is -3.77. The summed E-state index contributed by atoms with van der Waals surface area (Å²) in [5.41, 5.74) is 2.70. The van der Waals surface area contributed by atoms with Gasteiger partial charge < -0.3 is 15.7 Å². The van der Waals surface area contributed by atoms with Crippen LogP contribution in [0.4, 0.5) is 5.69 Å². The number of ketones is 1. The fourth-order valence-corrected chi connectivity index (χ4v) is 5.70. The van der Waals surface area contributed by atoms with E-state index >= 15 is 0 Å².